The van der Waals surface area contributed by atoms with Crippen LogP contribution in [0.1, 0.15) is 143 Å². The molecule has 3 N–H and O–H groups in total. The van der Waals surface area contributed by atoms with Gasteiger partial charge in [0, 0.05) is 0 Å². The molecular weight excluding hydrogens is 518 g/mol. The maximum atomic E-state index is 11.6. The number of rotatable bonds is 29. The zero-order valence-corrected chi connectivity index (χ0v) is 27.0. The van der Waals surface area contributed by atoms with Crippen LogP contribution >= 0.6 is 0 Å². The van der Waals surface area contributed by atoms with Crippen LogP contribution in [0, 0.1) is 17.8 Å². The number of hydrogen-bond donors (Lipinski definition) is 3. The second-order valence-electron chi connectivity index (χ2n) is 12.7. The maximum absolute atomic E-state index is 11.6. The van der Waals surface area contributed by atoms with Crippen molar-refractivity contribution in [2.45, 2.75) is 143 Å². The van der Waals surface area contributed by atoms with Crippen molar-refractivity contribution in [2.24, 2.45) is 17.8 Å². The van der Waals surface area contributed by atoms with Gasteiger partial charge in [0.25, 0.3) is 0 Å². The number of carboxylic acids is 3. The number of carboxylic acid groups (broad SMARTS) is 3. The van der Waals surface area contributed by atoms with Gasteiger partial charge in [-0.1, -0.05) is 96.1 Å². The molecule has 0 aromatic carbocycles. The molecule has 7 heteroatoms. The standard InChI is InChI=1S/C34H63NO6/c1-5-6-7-8-9-10-11-12-13-14-15-16-17-18-19-20-21-22-23-24-25-35(26-29(2)32(36)37,27-30(3)33(38)39)28-31(4)34(40)41/h18-19,29-31H,5-17,20-28H2,1-4H3,(H2-,36,37,38,39,40,41)/p+1/b19-18+. The topological polar surface area (TPSA) is 112 Å². The Morgan fingerprint density at radius 1 is 0.512 bits per heavy atom. The van der Waals surface area contributed by atoms with Gasteiger partial charge in [-0.2, -0.15) is 0 Å². The summed E-state index contributed by atoms with van der Waals surface area (Å²) in [6.45, 7) is 8.46. The minimum absolute atomic E-state index is 0.216. The maximum Gasteiger partial charge on any atom is 0.311 e. The van der Waals surface area contributed by atoms with Crippen molar-refractivity contribution < 1.29 is 34.2 Å². The van der Waals surface area contributed by atoms with Gasteiger partial charge in [0.05, 0.1) is 26.2 Å². The summed E-state index contributed by atoms with van der Waals surface area (Å²) in [7, 11) is 0. The zero-order valence-electron chi connectivity index (χ0n) is 27.0. The molecule has 0 rings (SSSR count). The largest absolute Gasteiger partial charge is 0.481 e. The van der Waals surface area contributed by atoms with Crippen LogP contribution in [0.5, 0.6) is 0 Å². The van der Waals surface area contributed by atoms with E-state index in [1.54, 1.807) is 20.8 Å². The van der Waals surface area contributed by atoms with Crippen LogP contribution in [0.4, 0.5) is 0 Å². The van der Waals surface area contributed by atoms with Crippen molar-refractivity contribution in [2.75, 3.05) is 26.2 Å². The van der Waals surface area contributed by atoms with Crippen LogP contribution in [0.25, 0.3) is 0 Å². The molecule has 0 aliphatic carbocycles. The van der Waals surface area contributed by atoms with Crippen LogP contribution in [-0.4, -0.2) is 63.9 Å². The van der Waals surface area contributed by atoms with Crippen molar-refractivity contribution in [3.05, 3.63) is 12.2 Å². The lowest BCUT2D eigenvalue weighted by Gasteiger charge is -2.42. The van der Waals surface area contributed by atoms with Crippen LogP contribution in [0.2, 0.25) is 0 Å². The van der Waals surface area contributed by atoms with E-state index in [2.05, 4.69) is 19.1 Å². The quantitative estimate of drug-likeness (QED) is 0.0463. The minimum atomic E-state index is -0.936. The monoisotopic (exact) mass is 582 g/mol. The Morgan fingerprint density at radius 3 is 1.12 bits per heavy atom. The van der Waals surface area contributed by atoms with Crippen molar-refractivity contribution in [1.82, 2.24) is 0 Å². The van der Waals surface area contributed by atoms with Gasteiger partial charge in [0.1, 0.15) is 17.8 Å². The predicted octanol–water partition coefficient (Wildman–Crippen LogP) is 8.56. The van der Waals surface area contributed by atoms with E-state index >= 15 is 0 Å². The average molecular weight is 583 g/mol. The number of quaternary nitrogens is 1. The summed E-state index contributed by atoms with van der Waals surface area (Å²) in [6, 6.07) is 0. The van der Waals surface area contributed by atoms with Crippen LogP contribution in [-0.2, 0) is 14.4 Å². The summed E-state index contributed by atoms with van der Waals surface area (Å²) in [5.41, 5.74) is 0. The van der Waals surface area contributed by atoms with E-state index < -0.39 is 35.7 Å². The molecule has 0 bridgehead atoms. The highest BCUT2D eigenvalue weighted by Crippen LogP contribution is 2.22. The van der Waals surface area contributed by atoms with Gasteiger partial charge < -0.3 is 19.8 Å². The van der Waals surface area contributed by atoms with Crippen LogP contribution in [0.3, 0.4) is 0 Å². The molecule has 240 valence electrons. The normalized spacial score (nSPS) is 15.4. The first-order valence-corrected chi connectivity index (χ1v) is 16.7. The van der Waals surface area contributed by atoms with E-state index in [0.29, 0.717) is 6.54 Å². The molecule has 3 unspecified atom stereocenters. The predicted molar refractivity (Wildman–Crippen MR) is 168 cm³/mol. The number of allylic oxidation sites excluding steroid dienone is 2. The number of nitrogens with zero attached hydrogens (tertiary/aromatic N) is 1. The molecule has 0 radical (unpaired) electrons. The Hall–Kier alpha value is -1.89. The summed E-state index contributed by atoms with van der Waals surface area (Å²) in [5, 5.41) is 28.6. The Labute approximate surface area is 251 Å². The lowest BCUT2D eigenvalue weighted by atomic mass is 10.0. The van der Waals surface area contributed by atoms with Crippen molar-refractivity contribution in [3.8, 4) is 0 Å². The average Bonchev–Trinajstić information content (AvgIpc) is 2.91. The van der Waals surface area contributed by atoms with Crippen molar-refractivity contribution in [1.29, 1.82) is 0 Å². The van der Waals surface area contributed by atoms with Gasteiger partial charge >= 0.3 is 17.9 Å². The van der Waals surface area contributed by atoms with Crippen LogP contribution < -0.4 is 0 Å². The molecule has 0 fully saturated rings. The van der Waals surface area contributed by atoms with E-state index in [-0.39, 0.29) is 24.1 Å². The SMILES string of the molecule is CCCCCCCCCCCCCC/C=C/CCCCCC[N+](CC(C)C(=O)O)(CC(C)C(=O)O)CC(C)C(=O)O. The molecule has 0 saturated carbocycles. The molecule has 0 amide bonds. The summed E-state index contributed by atoms with van der Waals surface area (Å²) < 4.78 is 0.216. The molecule has 41 heavy (non-hydrogen) atoms. The number of unbranched alkanes of at least 4 members (excludes halogenated alkanes) is 16. The summed E-state index contributed by atoms with van der Waals surface area (Å²) in [6.07, 6.45) is 27.2. The first kappa shape index (κ1) is 39.1. The van der Waals surface area contributed by atoms with Gasteiger partial charge in [-0.05, 0) is 59.3 Å². The third-order valence-corrected chi connectivity index (χ3v) is 8.39. The van der Waals surface area contributed by atoms with Gasteiger partial charge in [-0.15, -0.1) is 0 Å². The molecule has 0 aliphatic heterocycles. The zero-order chi connectivity index (χ0) is 30.9. The Morgan fingerprint density at radius 2 is 0.805 bits per heavy atom. The molecule has 0 aromatic rings. The first-order valence-electron chi connectivity index (χ1n) is 16.7. The smallest absolute Gasteiger partial charge is 0.311 e. The second-order valence-corrected chi connectivity index (χ2v) is 12.7. The molecule has 0 spiro atoms. The van der Waals surface area contributed by atoms with E-state index in [1.807, 2.05) is 0 Å². The molecule has 0 heterocycles. The van der Waals surface area contributed by atoms with Crippen molar-refractivity contribution in [3.63, 3.8) is 0 Å². The summed E-state index contributed by atoms with van der Waals surface area (Å²) in [4.78, 5) is 34.9. The lowest BCUT2D eigenvalue weighted by molar-refractivity contribution is -0.934. The summed E-state index contributed by atoms with van der Waals surface area (Å²) in [5.74, 6) is -4.83. The van der Waals surface area contributed by atoms with E-state index in [9.17, 15) is 29.7 Å². The Kier molecular flexibility index (Phi) is 23.5. The highest BCUT2D eigenvalue weighted by Gasteiger charge is 2.38. The third-order valence-electron chi connectivity index (χ3n) is 8.39. The molecule has 0 aromatic heterocycles. The van der Waals surface area contributed by atoms with Crippen LogP contribution in [0.15, 0.2) is 12.2 Å². The fourth-order valence-electron chi connectivity index (χ4n) is 5.88. The molecule has 0 saturated heterocycles. The van der Waals surface area contributed by atoms with Gasteiger partial charge in [0.2, 0.25) is 0 Å². The molecule has 3 atom stereocenters. The minimum Gasteiger partial charge on any atom is -0.481 e. The number of carbonyl (C=O) groups is 3. The van der Waals surface area contributed by atoms with Gasteiger partial charge in [0.15, 0.2) is 0 Å². The Balaban J connectivity index is 4.30. The van der Waals surface area contributed by atoms with E-state index in [0.717, 1.165) is 38.5 Å². The fourth-order valence-corrected chi connectivity index (χ4v) is 5.88. The van der Waals surface area contributed by atoms with Gasteiger partial charge in [-0.25, -0.2) is 0 Å². The van der Waals surface area contributed by atoms with E-state index in [4.69, 9.17) is 0 Å². The second kappa shape index (κ2) is 24.7. The summed E-state index contributed by atoms with van der Waals surface area (Å²) >= 11 is 0. The molecule has 7 nitrogen and oxygen atoms in total. The Bertz CT molecular complexity index is 667. The fraction of sp³-hybridized carbons (Fsp3) is 0.853. The third kappa shape index (κ3) is 21.5. The highest BCUT2D eigenvalue weighted by atomic mass is 16.4. The van der Waals surface area contributed by atoms with Crippen molar-refractivity contribution >= 4 is 17.9 Å². The number of aliphatic carboxylic acids is 3. The molecular formula is C34H64NO6+. The molecule has 0 aliphatic rings. The van der Waals surface area contributed by atoms with E-state index in [1.165, 1.54) is 77.0 Å². The highest BCUT2D eigenvalue weighted by molar-refractivity contribution is 5.70. The lowest BCUT2D eigenvalue weighted by Crippen LogP contribution is -2.57. The number of hydrogen-bond acceptors (Lipinski definition) is 3. The van der Waals surface area contributed by atoms with Gasteiger partial charge in [-0.3, -0.25) is 14.4 Å². The first-order chi connectivity index (χ1) is 19.5.